The van der Waals surface area contributed by atoms with Crippen LogP contribution < -0.4 is 10.6 Å². The fraction of sp³-hybridized carbons (Fsp3) is 0.375. The van der Waals surface area contributed by atoms with Gasteiger partial charge in [-0.15, -0.1) is 0 Å². The molecule has 2 rings (SSSR count). The van der Waals surface area contributed by atoms with Crippen LogP contribution in [-0.2, 0) is 9.53 Å². The van der Waals surface area contributed by atoms with Crippen molar-refractivity contribution in [3.63, 3.8) is 0 Å². The van der Waals surface area contributed by atoms with Crippen LogP contribution in [0.3, 0.4) is 0 Å². The lowest BCUT2D eigenvalue weighted by Gasteiger charge is -2.31. The fourth-order valence-corrected chi connectivity index (χ4v) is 2.87. The van der Waals surface area contributed by atoms with E-state index in [2.05, 4.69) is 36.6 Å². The number of methoxy groups -OCH3 is 1. The number of allylic oxidation sites excluding steroid dienone is 1. The Kier molecular flexibility index (Phi) is 4.32. The third-order valence-corrected chi connectivity index (χ3v) is 4.09. The summed E-state index contributed by atoms with van der Waals surface area (Å²) in [4.78, 5) is 12.1. The second-order valence-corrected chi connectivity index (χ2v) is 5.76. The first kappa shape index (κ1) is 15.5. The highest BCUT2D eigenvalue weighted by molar-refractivity contribution is 7.80. The van der Waals surface area contributed by atoms with E-state index in [9.17, 15) is 4.79 Å². The van der Waals surface area contributed by atoms with Crippen molar-refractivity contribution in [2.75, 3.05) is 7.11 Å². The molecule has 0 aromatic heterocycles. The van der Waals surface area contributed by atoms with Crippen LogP contribution in [0.1, 0.15) is 35.2 Å². The van der Waals surface area contributed by atoms with E-state index in [1.807, 2.05) is 13.8 Å². The monoisotopic (exact) mass is 304 g/mol. The van der Waals surface area contributed by atoms with Crippen molar-refractivity contribution in [2.45, 2.75) is 33.7 Å². The van der Waals surface area contributed by atoms with E-state index in [1.54, 1.807) is 0 Å². The third-order valence-electron chi connectivity index (χ3n) is 3.87. The van der Waals surface area contributed by atoms with Crippen LogP contribution in [0, 0.1) is 20.8 Å². The molecule has 0 bridgehead atoms. The molecule has 0 unspecified atom stereocenters. The molecule has 0 amide bonds. The van der Waals surface area contributed by atoms with Crippen LogP contribution >= 0.6 is 12.2 Å². The number of aryl methyl sites for hydroxylation is 3. The molecule has 1 heterocycles. The molecule has 1 aliphatic rings. The number of hydrogen-bond donors (Lipinski definition) is 2. The average molecular weight is 304 g/mol. The predicted octanol–water partition coefficient (Wildman–Crippen LogP) is 2.58. The van der Waals surface area contributed by atoms with Gasteiger partial charge in [-0.1, -0.05) is 12.1 Å². The smallest absolute Gasteiger partial charge is 0.337 e. The molecule has 0 saturated carbocycles. The van der Waals surface area contributed by atoms with Gasteiger partial charge >= 0.3 is 5.97 Å². The summed E-state index contributed by atoms with van der Waals surface area (Å²) < 4.78 is 4.92. The van der Waals surface area contributed by atoms with Crippen LogP contribution in [0.2, 0.25) is 0 Å². The molecule has 4 nitrogen and oxygen atoms in total. The summed E-state index contributed by atoms with van der Waals surface area (Å²) in [6.07, 6.45) is 0. The first-order chi connectivity index (χ1) is 9.85. The Morgan fingerprint density at radius 3 is 2.38 bits per heavy atom. The first-order valence-corrected chi connectivity index (χ1v) is 7.20. The molecule has 1 aromatic carbocycles. The molecule has 5 heteroatoms. The zero-order chi connectivity index (χ0) is 15.7. The molecule has 0 spiro atoms. The Hall–Kier alpha value is -1.88. The van der Waals surface area contributed by atoms with Gasteiger partial charge in [0.25, 0.3) is 0 Å². The van der Waals surface area contributed by atoms with Gasteiger partial charge in [0.05, 0.1) is 18.7 Å². The van der Waals surface area contributed by atoms with Gasteiger partial charge in [0.1, 0.15) is 0 Å². The SMILES string of the molecule is COC(=O)C1=C(C)NC(=S)N[C@H]1c1cc(C)c(C)cc1C. The highest BCUT2D eigenvalue weighted by atomic mass is 32.1. The number of esters is 1. The van der Waals surface area contributed by atoms with Crippen molar-refractivity contribution in [1.29, 1.82) is 0 Å². The number of carbonyl (C=O) groups excluding carboxylic acids is 1. The number of thiocarbonyl (C=S) groups is 1. The molecular formula is C16H20N2O2S. The Morgan fingerprint density at radius 1 is 1.14 bits per heavy atom. The lowest BCUT2D eigenvalue weighted by molar-refractivity contribution is -0.136. The molecule has 0 saturated heterocycles. The van der Waals surface area contributed by atoms with Gasteiger partial charge < -0.3 is 15.4 Å². The third kappa shape index (κ3) is 2.93. The van der Waals surface area contributed by atoms with Gasteiger partial charge in [-0.25, -0.2) is 4.79 Å². The molecule has 0 radical (unpaired) electrons. The minimum atomic E-state index is -0.349. The summed E-state index contributed by atoms with van der Waals surface area (Å²) in [5.74, 6) is -0.349. The summed E-state index contributed by atoms with van der Waals surface area (Å²) in [5.41, 5.74) is 5.87. The average Bonchev–Trinajstić information content (AvgIpc) is 2.41. The second kappa shape index (κ2) is 5.85. The first-order valence-electron chi connectivity index (χ1n) is 6.79. The lowest BCUT2D eigenvalue weighted by atomic mass is 9.90. The van der Waals surface area contributed by atoms with E-state index in [1.165, 1.54) is 18.2 Å². The lowest BCUT2D eigenvalue weighted by Crippen LogP contribution is -2.45. The largest absolute Gasteiger partial charge is 0.466 e. The van der Waals surface area contributed by atoms with Crippen LogP contribution in [0.15, 0.2) is 23.4 Å². The van der Waals surface area contributed by atoms with E-state index < -0.39 is 0 Å². The van der Waals surface area contributed by atoms with Crippen molar-refractivity contribution in [3.05, 3.63) is 45.7 Å². The number of benzene rings is 1. The maximum absolute atomic E-state index is 12.1. The van der Waals surface area contributed by atoms with E-state index in [0.717, 1.165) is 16.8 Å². The molecule has 2 N–H and O–H groups in total. The van der Waals surface area contributed by atoms with Crippen LogP contribution in [0.5, 0.6) is 0 Å². The van der Waals surface area contributed by atoms with Gasteiger partial charge in [0, 0.05) is 5.70 Å². The number of nitrogens with one attached hydrogen (secondary N) is 2. The van der Waals surface area contributed by atoms with Crippen molar-refractivity contribution in [1.82, 2.24) is 10.6 Å². The van der Waals surface area contributed by atoms with Gasteiger partial charge in [-0.2, -0.15) is 0 Å². The zero-order valence-electron chi connectivity index (χ0n) is 13.0. The number of ether oxygens (including phenoxy) is 1. The Balaban J connectivity index is 2.59. The molecular weight excluding hydrogens is 284 g/mol. The van der Waals surface area contributed by atoms with Crippen LogP contribution in [0.4, 0.5) is 0 Å². The zero-order valence-corrected chi connectivity index (χ0v) is 13.8. The van der Waals surface area contributed by atoms with Crippen molar-refractivity contribution in [3.8, 4) is 0 Å². The topological polar surface area (TPSA) is 50.4 Å². The molecule has 1 aliphatic heterocycles. The second-order valence-electron chi connectivity index (χ2n) is 5.35. The summed E-state index contributed by atoms with van der Waals surface area (Å²) in [7, 11) is 1.39. The molecule has 0 aliphatic carbocycles. The van der Waals surface area contributed by atoms with E-state index in [4.69, 9.17) is 17.0 Å². The molecule has 1 aromatic rings. The Morgan fingerprint density at radius 2 is 1.76 bits per heavy atom. The molecule has 0 fully saturated rings. The van der Waals surface area contributed by atoms with Crippen LogP contribution in [-0.4, -0.2) is 18.2 Å². The summed E-state index contributed by atoms with van der Waals surface area (Å²) in [6.45, 7) is 8.02. The maximum atomic E-state index is 12.1. The summed E-state index contributed by atoms with van der Waals surface area (Å²) in [6, 6.07) is 3.94. The number of carbonyl (C=O) groups is 1. The highest BCUT2D eigenvalue weighted by Gasteiger charge is 2.31. The highest BCUT2D eigenvalue weighted by Crippen LogP contribution is 2.31. The van der Waals surface area contributed by atoms with E-state index in [0.29, 0.717) is 10.7 Å². The Bertz CT molecular complexity index is 650. The summed E-state index contributed by atoms with van der Waals surface area (Å²) >= 11 is 5.23. The predicted molar refractivity (Wildman–Crippen MR) is 87.0 cm³/mol. The van der Waals surface area contributed by atoms with E-state index in [-0.39, 0.29) is 12.0 Å². The van der Waals surface area contributed by atoms with Crippen molar-refractivity contribution < 1.29 is 9.53 Å². The minimum absolute atomic E-state index is 0.287. The van der Waals surface area contributed by atoms with Gasteiger partial charge in [-0.3, -0.25) is 0 Å². The minimum Gasteiger partial charge on any atom is -0.466 e. The van der Waals surface area contributed by atoms with Gasteiger partial charge in [-0.05, 0) is 62.2 Å². The molecule has 112 valence electrons. The molecule has 21 heavy (non-hydrogen) atoms. The van der Waals surface area contributed by atoms with Crippen LogP contribution in [0.25, 0.3) is 0 Å². The van der Waals surface area contributed by atoms with Gasteiger partial charge in [0.2, 0.25) is 0 Å². The van der Waals surface area contributed by atoms with E-state index >= 15 is 0 Å². The maximum Gasteiger partial charge on any atom is 0.337 e. The summed E-state index contributed by atoms with van der Waals surface area (Å²) in [5, 5.41) is 6.68. The standard InChI is InChI=1S/C16H20N2O2S/c1-8-6-10(3)12(7-9(8)2)14-13(15(19)20-5)11(4)17-16(21)18-14/h6-7,14H,1-5H3,(H2,17,18,21)/t14-/m0/s1. The van der Waals surface area contributed by atoms with Gasteiger partial charge in [0.15, 0.2) is 5.11 Å². The quantitative estimate of drug-likeness (QED) is 0.650. The molecule has 1 atom stereocenters. The number of rotatable bonds is 2. The van der Waals surface area contributed by atoms with Crippen molar-refractivity contribution >= 4 is 23.3 Å². The van der Waals surface area contributed by atoms with Crippen molar-refractivity contribution in [2.24, 2.45) is 0 Å². The fourth-order valence-electron chi connectivity index (χ4n) is 2.60. The number of hydrogen-bond acceptors (Lipinski definition) is 3. The normalized spacial score (nSPS) is 18.1. The Labute approximate surface area is 130 Å².